The number of furan rings is 2. The summed E-state index contributed by atoms with van der Waals surface area (Å²) < 4.78 is 20.6. The van der Waals surface area contributed by atoms with Crippen molar-refractivity contribution in [3.63, 3.8) is 0 Å². The molecule has 0 saturated carbocycles. The average Bonchev–Trinajstić information content (AvgIpc) is 3.33. The Morgan fingerprint density at radius 3 is 2.19 bits per heavy atom. The minimum absolute atomic E-state index is 0.721. The second kappa shape index (κ2) is 5.01. The van der Waals surface area contributed by atoms with Crippen molar-refractivity contribution in [3.8, 4) is 11.5 Å². The number of hydrogen-bond acceptors (Lipinski definition) is 3. The molecule has 130 valence electrons. The molecule has 6 rings (SSSR count). The summed E-state index contributed by atoms with van der Waals surface area (Å²) in [5.74, 6) is 0.733. The summed E-state index contributed by atoms with van der Waals surface area (Å²) >= 11 is 0. The molecule has 3 aromatic carbocycles. The Hall–Kier alpha value is -3.53. The van der Waals surface area contributed by atoms with Crippen molar-refractivity contribution in [2.24, 2.45) is 7.05 Å². The van der Waals surface area contributed by atoms with Crippen LogP contribution in [0.25, 0.3) is 55.7 Å². The van der Waals surface area contributed by atoms with Crippen LogP contribution in [0.4, 0.5) is 0 Å². The van der Waals surface area contributed by atoms with Gasteiger partial charge >= 0.3 is 11.6 Å². The van der Waals surface area contributed by atoms with Gasteiger partial charge < -0.3 is 13.3 Å². The van der Waals surface area contributed by atoms with E-state index in [9.17, 15) is 0 Å². The van der Waals surface area contributed by atoms with Gasteiger partial charge in [-0.25, -0.2) is 0 Å². The fourth-order valence-electron chi connectivity index (χ4n) is 3.96. The maximum atomic E-state index is 6.33. The first-order valence-electron chi connectivity index (χ1n) is 8.93. The Morgan fingerprint density at radius 1 is 0.667 bits per heavy atom. The number of rotatable bonds is 1. The molecule has 0 spiro atoms. The highest BCUT2D eigenvalue weighted by Crippen LogP contribution is 2.39. The fourth-order valence-corrected chi connectivity index (χ4v) is 3.96. The number of fused-ring (bicyclic) bond motifs is 6. The molecule has 0 N–H and O–H groups in total. The Morgan fingerprint density at radius 2 is 1.37 bits per heavy atom. The lowest BCUT2D eigenvalue weighted by molar-refractivity contribution is -0.643. The molecule has 0 saturated heterocycles. The molecule has 3 aromatic heterocycles. The van der Waals surface area contributed by atoms with Gasteiger partial charge in [0.1, 0.15) is 23.8 Å². The van der Waals surface area contributed by atoms with Crippen molar-refractivity contribution in [3.05, 3.63) is 66.2 Å². The Labute approximate surface area is 154 Å². The van der Waals surface area contributed by atoms with Crippen molar-refractivity contribution >= 4 is 44.2 Å². The number of aromatic nitrogens is 1. The summed E-state index contributed by atoms with van der Waals surface area (Å²) in [6.45, 7) is 2.07. The van der Waals surface area contributed by atoms with Gasteiger partial charge in [0.25, 0.3) is 5.58 Å². The SMILES string of the molecule is Cc1ccc2c(oc3ccccc32)c1-c1oc2c3ccccc3oc2[n+]1C. The lowest BCUT2D eigenvalue weighted by Crippen LogP contribution is -2.28. The Kier molecular flexibility index (Phi) is 2.71. The van der Waals surface area contributed by atoms with Crippen molar-refractivity contribution in [1.29, 1.82) is 0 Å². The Bertz CT molecular complexity index is 1500. The molecule has 0 radical (unpaired) electrons. The second-order valence-electron chi connectivity index (χ2n) is 6.93. The van der Waals surface area contributed by atoms with E-state index in [0.717, 1.165) is 61.2 Å². The van der Waals surface area contributed by atoms with E-state index < -0.39 is 0 Å². The van der Waals surface area contributed by atoms with Crippen molar-refractivity contribution in [2.45, 2.75) is 6.92 Å². The highest BCUT2D eigenvalue weighted by molar-refractivity contribution is 6.09. The zero-order chi connectivity index (χ0) is 18.1. The standard InChI is InChI=1S/C23H16NO3/c1-13-11-12-15-14-7-3-5-9-17(14)25-20(15)19(13)22-24(2)23-21(27-22)16-8-4-6-10-18(16)26-23/h3-12H,1-2H3/q+1. The first-order chi connectivity index (χ1) is 13.2. The van der Waals surface area contributed by atoms with E-state index in [1.807, 2.05) is 54.1 Å². The number of benzene rings is 3. The molecule has 4 heteroatoms. The summed E-state index contributed by atoms with van der Waals surface area (Å²) in [6.07, 6.45) is 0. The molecule has 0 aliphatic carbocycles. The third kappa shape index (κ3) is 1.84. The Balaban J connectivity index is 1.74. The summed E-state index contributed by atoms with van der Waals surface area (Å²) in [7, 11) is 1.96. The van der Waals surface area contributed by atoms with Crippen LogP contribution in [-0.2, 0) is 7.05 Å². The normalized spacial score (nSPS) is 12.1. The van der Waals surface area contributed by atoms with Crippen molar-refractivity contribution in [1.82, 2.24) is 0 Å². The van der Waals surface area contributed by atoms with Gasteiger partial charge in [0.15, 0.2) is 5.58 Å². The summed E-state index contributed by atoms with van der Waals surface area (Å²) in [5, 5.41) is 3.17. The largest absolute Gasteiger partial charge is 0.455 e. The molecule has 3 heterocycles. The predicted octanol–water partition coefficient (Wildman–Crippen LogP) is 5.88. The lowest BCUT2D eigenvalue weighted by Gasteiger charge is -2.00. The van der Waals surface area contributed by atoms with Gasteiger partial charge in [0.05, 0.1) is 5.39 Å². The van der Waals surface area contributed by atoms with Gasteiger partial charge in [-0.1, -0.05) is 42.5 Å². The third-order valence-electron chi connectivity index (χ3n) is 5.31. The first-order valence-corrected chi connectivity index (χ1v) is 8.93. The zero-order valence-electron chi connectivity index (χ0n) is 14.9. The molecular formula is C23H16NO3+. The molecule has 0 aliphatic rings. The van der Waals surface area contributed by atoms with Crippen LogP contribution in [0.15, 0.2) is 73.9 Å². The van der Waals surface area contributed by atoms with Crippen LogP contribution in [-0.4, -0.2) is 0 Å². The van der Waals surface area contributed by atoms with Gasteiger partial charge in [-0.15, -0.1) is 4.57 Å². The van der Waals surface area contributed by atoms with Gasteiger partial charge in [-0.05, 0) is 30.7 Å². The second-order valence-corrected chi connectivity index (χ2v) is 6.93. The molecule has 6 aromatic rings. The van der Waals surface area contributed by atoms with Crippen LogP contribution in [0.3, 0.4) is 0 Å². The molecular weight excluding hydrogens is 338 g/mol. The van der Waals surface area contributed by atoms with Crippen LogP contribution in [0.2, 0.25) is 0 Å². The molecule has 0 unspecified atom stereocenters. The molecule has 0 fully saturated rings. The molecule has 0 aliphatic heterocycles. The number of hydrogen-bond donors (Lipinski definition) is 0. The number of para-hydroxylation sites is 2. The smallest absolute Gasteiger partial charge is 0.421 e. The van der Waals surface area contributed by atoms with E-state index >= 15 is 0 Å². The zero-order valence-corrected chi connectivity index (χ0v) is 14.9. The van der Waals surface area contributed by atoms with Crippen molar-refractivity contribution < 1.29 is 17.8 Å². The maximum absolute atomic E-state index is 6.33. The minimum Gasteiger partial charge on any atom is -0.455 e. The third-order valence-corrected chi connectivity index (χ3v) is 5.31. The van der Waals surface area contributed by atoms with Gasteiger partial charge in [0.2, 0.25) is 0 Å². The number of oxazole rings is 1. The minimum atomic E-state index is 0.721. The van der Waals surface area contributed by atoms with E-state index in [1.165, 1.54) is 0 Å². The molecule has 0 atom stereocenters. The summed E-state index contributed by atoms with van der Waals surface area (Å²) in [5.41, 5.74) is 6.08. The van der Waals surface area contributed by atoms with E-state index in [0.29, 0.717) is 0 Å². The molecule has 27 heavy (non-hydrogen) atoms. The van der Waals surface area contributed by atoms with Gasteiger partial charge in [0, 0.05) is 10.8 Å². The van der Waals surface area contributed by atoms with Gasteiger partial charge in [-0.2, -0.15) is 0 Å². The first kappa shape index (κ1) is 14.6. The molecule has 4 nitrogen and oxygen atoms in total. The predicted molar refractivity (Wildman–Crippen MR) is 105 cm³/mol. The average molecular weight is 354 g/mol. The van der Waals surface area contributed by atoms with Crippen LogP contribution in [0.1, 0.15) is 5.56 Å². The quantitative estimate of drug-likeness (QED) is 0.346. The topological polar surface area (TPSA) is 43.3 Å². The van der Waals surface area contributed by atoms with Gasteiger partial charge in [-0.3, -0.25) is 0 Å². The van der Waals surface area contributed by atoms with Crippen LogP contribution < -0.4 is 4.57 Å². The monoisotopic (exact) mass is 354 g/mol. The van der Waals surface area contributed by atoms with Crippen LogP contribution >= 0.6 is 0 Å². The lowest BCUT2D eigenvalue weighted by atomic mass is 10.0. The molecule has 0 bridgehead atoms. The maximum Gasteiger partial charge on any atom is 0.421 e. The van der Waals surface area contributed by atoms with E-state index in [4.69, 9.17) is 13.3 Å². The van der Waals surface area contributed by atoms with Crippen LogP contribution in [0, 0.1) is 6.92 Å². The van der Waals surface area contributed by atoms with E-state index in [-0.39, 0.29) is 0 Å². The summed E-state index contributed by atoms with van der Waals surface area (Å²) in [4.78, 5) is 0. The molecule has 0 amide bonds. The van der Waals surface area contributed by atoms with E-state index in [2.05, 4.69) is 25.1 Å². The number of aryl methyl sites for hydroxylation is 2. The van der Waals surface area contributed by atoms with Crippen LogP contribution in [0.5, 0.6) is 0 Å². The summed E-state index contributed by atoms with van der Waals surface area (Å²) in [6, 6.07) is 20.3. The van der Waals surface area contributed by atoms with Crippen molar-refractivity contribution in [2.75, 3.05) is 0 Å². The number of nitrogens with zero attached hydrogens (tertiary/aromatic N) is 1. The highest BCUT2D eigenvalue weighted by atomic mass is 16.4. The fraction of sp³-hybridized carbons (Fsp3) is 0.0870. The highest BCUT2D eigenvalue weighted by Gasteiger charge is 2.30. The van der Waals surface area contributed by atoms with E-state index in [1.54, 1.807) is 0 Å².